The van der Waals surface area contributed by atoms with Gasteiger partial charge in [0, 0.05) is 27.8 Å². The van der Waals surface area contributed by atoms with E-state index in [0.717, 1.165) is 18.5 Å². The zero-order chi connectivity index (χ0) is 43.8. The highest BCUT2D eigenvalue weighted by Crippen LogP contribution is 2.60. The van der Waals surface area contributed by atoms with E-state index >= 15 is 0 Å². The monoisotopic (exact) mass is 817 g/mol. The zero-order valence-electron chi connectivity index (χ0n) is 38.8. The van der Waals surface area contributed by atoms with Gasteiger partial charge in [-0.05, 0) is 148 Å². The van der Waals surface area contributed by atoms with E-state index in [0.29, 0.717) is 0 Å². The molecule has 0 aliphatic heterocycles. The summed E-state index contributed by atoms with van der Waals surface area (Å²) < 4.78 is 0. The smallest absolute Gasteiger partial charge is 0.0546 e. The van der Waals surface area contributed by atoms with E-state index in [1.54, 1.807) is 0 Å². The quantitative estimate of drug-likeness (QED) is 0.162. The van der Waals surface area contributed by atoms with Crippen molar-refractivity contribution in [2.45, 2.75) is 104 Å². The summed E-state index contributed by atoms with van der Waals surface area (Å²) in [6.07, 6.45) is 2.09. The van der Waals surface area contributed by atoms with Crippen LogP contribution < -0.4 is 4.90 Å². The Kier molecular flexibility index (Phi) is 8.60. The minimum atomic E-state index is -0.127. The first-order valence-electron chi connectivity index (χ1n) is 23.3. The van der Waals surface area contributed by atoms with E-state index in [1.165, 1.54) is 111 Å². The molecule has 0 bridgehead atoms. The minimum Gasteiger partial charge on any atom is -0.310 e. The predicted octanol–water partition coefficient (Wildman–Crippen LogP) is 17.6. The molecule has 0 N–H and O–H groups in total. The third kappa shape index (κ3) is 5.67. The summed E-state index contributed by atoms with van der Waals surface area (Å²) in [6, 6.07) is 58.7. The van der Waals surface area contributed by atoms with Crippen molar-refractivity contribution in [3.05, 3.63) is 185 Å². The highest BCUT2D eigenvalue weighted by atomic mass is 15.1. The maximum atomic E-state index is 2.60. The van der Waals surface area contributed by atoms with Gasteiger partial charge in [-0.2, -0.15) is 0 Å². The Morgan fingerprint density at radius 3 is 1.67 bits per heavy atom. The van der Waals surface area contributed by atoms with Gasteiger partial charge in [0.05, 0.1) is 5.69 Å². The van der Waals surface area contributed by atoms with Crippen molar-refractivity contribution in [2.75, 3.05) is 4.90 Å². The molecule has 0 radical (unpaired) electrons. The first-order valence-corrected chi connectivity index (χ1v) is 23.3. The SMILES string of the molecule is CCC1(CC)c2cc(C(C)(C)C)ccc2-c2c(N(c3ccc(-c4ccc5c6c(cccc46)-c4ccccc4-5)cc3)c3ccc4c(c3)C(C)(C)c3ccccc3-4)cc(C(C)(C)C)cc21. The lowest BCUT2D eigenvalue weighted by atomic mass is 9.71. The van der Waals surface area contributed by atoms with Gasteiger partial charge >= 0.3 is 0 Å². The predicted molar refractivity (Wildman–Crippen MR) is 270 cm³/mol. The number of nitrogens with zero attached hydrogens (tertiary/aromatic N) is 1. The van der Waals surface area contributed by atoms with Gasteiger partial charge in [-0.25, -0.2) is 0 Å². The van der Waals surface area contributed by atoms with E-state index in [4.69, 9.17) is 0 Å². The number of benzene rings is 8. The van der Waals surface area contributed by atoms with Gasteiger partial charge in [-0.3, -0.25) is 0 Å². The van der Waals surface area contributed by atoms with Crippen molar-refractivity contribution < 1.29 is 0 Å². The minimum absolute atomic E-state index is 0.0496. The molecule has 0 saturated heterocycles. The van der Waals surface area contributed by atoms with Crippen LogP contribution in [0.4, 0.5) is 17.1 Å². The molecule has 0 atom stereocenters. The molecule has 0 amide bonds. The van der Waals surface area contributed by atoms with E-state index in [1.807, 2.05) is 0 Å². The molecule has 1 nitrogen and oxygen atoms in total. The van der Waals surface area contributed by atoms with Gasteiger partial charge in [0.25, 0.3) is 0 Å². The zero-order valence-corrected chi connectivity index (χ0v) is 38.8. The molecule has 11 rings (SSSR count). The molecule has 0 aromatic heterocycles. The van der Waals surface area contributed by atoms with Crippen LogP contribution in [0.25, 0.3) is 66.4 Å². The number of rotatable bonds is 6. The van der Waals surface area contributed by atoms with Crippen LogP contribution in [0.15, 0.2) is 152 Å². The number of hydrogen-bond donors (Lipinski definition) is 0. The van der Waals surface area contributed by atoms with Gasteiger partial charge in [0.2, 0.25) is 0 Å². The Hall–Kier alpha value is -6.18. The molecule has 8 aromatic carbocycles. The van der Waals surface area contributed by atoms with Crippen molar-refractivity contribution in [2.24, 2.45) is 0 Å². The molecule has 0 spiro atoms. The lowest BCUT2D eigenvalue weighted by Crippen LogP contribution is -2.25. The Morgan fingerprint density at radius 2 is 0.984 bits per heavy atom. The average Bonchev–Trinajstić information content (AvgIpc) is 3.85. The Morgan fingerprint density at radius 1 is 0.429 bits per heavy atom. The van der Waals surface area contributed by atoms with Gasteiger partial charge in [0.1, 0.15) is 0 Å². The summed E-state index contributed by atoms with van der Waals surface area (Å²) in [6.45, 7) is 23.8. The van der Waals surface area contributed by atoms with Crippen LogP contribution in [0.3, 0.4) is 0 Å². The fourth-order valence-corrected chi connectivity index (χ4v) is 11.8. The third-order valence-electron chi connectivity index (χ3n) is 15.4. The number of fused-ring (bicyclic) bond motifs is 9. The van der Waals surface area contributed by atoms with Crippen LogP contribution >= 0.6 is 0 Å². The summed E-state index contributed by atoms with van der Waals surface area (Å²) >= 11 is 0. The fraction of sp³-hybridized carbons (Fsp3) is 0.258. The van der Waals surface area contributed by atoms with Gasteiger partial charge in [0.15, 0.2) is 0 Å². The first kappa shape index (κ1) is 39.7. The van der Waals surface area contributed by atoms with Crippen LogP contribution in [0, 0.1) is 0 Å². The molecule has 0 fully saturated rings. The Balaban J connectivity index is 1.15. The first-order chi connectivity index (χ1) is 30.2. The van der Waals surface area contributed by atoms with Crippen LogP contribution in [0.2, 0.25) is 0 Å². The Labute approximate surface area is 375 Å². The number of anilines is 3. The summed E-state index contributed by atoms with van der Waals surface area (Å²) in [5.41, 5.74) is 25.2. The molecule has 3 aliphatic carbocycles. The van der Waals surface area contributed by atoms with E-state index < -0.39 is 0 Å². The molecule has 312 valence electrons. The molecule has 63 heavy (non-hydrogen) atoms. The van der Waals surface area contributed by atoms with E-state index in [9.17, 15) is 0 Å². The lowest BCUT2D eigenvalue weighted by Gasteiger charge is -2.34. The summed E-state index contributed by atoms with van der Waals surface area (Å²) in [4.78, 5) is 2.60. The van der Waals surface area contributed by atoms with Gasteiger partial charge < -0.3 is 4.90 Å². The highest BCUT2D eigenvalue weighted by molar-refractivity contribution is 6.18. The molecule has 0 heterocycles. The summed E-state index contributed by atoms with van der Waals surface area (Å²) in [5.74, 6) is 0. The molecule has 8 aromatic rings. The van der Waals surface area contributed by atoms with Crippen LogP contribution in [-0.2, 0) is 21.7 Å². The van der Waals surface area contributed by atoms with E-state index in [2.05, 4.69) is 226 Å². The summed E-state index contributed by atoms with van der Waals surface area (Å²) in [5, 5.41) is 2.67. The topological polar surface area (TPSA) is 3.24 Å². The molecule has 3 aliphatic rings. The maximum Gasteiger partial charge on any atom is 0.0546 e. The number of hydrogen-bond acceptors (Lipinski definition) is 1. The molecule has 0 saturated carbocycles. The van der Waals surface area contributed by atoms with Crippen LogP contribution in [-0.4, -0.2) is 0 Å². The van der Waals surface area contributed by atoms with Crippen molar-refractivity contribution in [3.63, 3.8) is 0 Å². The van der Waals surface area contributed by atoms with E-state index in [-0.39, 0.29) is 21.7 Å². The maximum absolute atomic E-state index is 2.60. The van der Waals surface area contributed by atoms with Crippen molar-refractivity contribution in [1.82, 2.24) is 0 Å². The molecular formula is C62H59N. The third-order valence-corrected chi connectivity index (χ3v) is 15.4. The van der Waals surface area contributed by atoms with Gasteiger partial charge in [-0.1, -0.05) is 191 Å². The van der Waals surface area contributed by atoms with Crippen molar-refractivity contribution in [3.8, 4) is 55.6 Å². The molecule has 0 unspecified atom stereocenters. The van der Waals surface area contributed by atoms with Gasteiger partial charge in [-0.15, -0.1) is 0 Å². The van der Waals surface area contributed by atoms with Crippen molar-refractivity contribution >= 4 is 27.8 Å². The largest absolute Gasteiger partial charge is 0.310 e. The van der Waals surface area contributed by atoms with Crippen LogP contribution in [0.5, 0.6) is 0 Å². The second kappa shape index (κ2) is 13.7. The second-order valence-corrected chi connectivity index (χ2v) is 21.2. The van der Waals surface area contributed by atoms with Crippen LogP contribution in [0.1, 0.15) is 115 Å². The Bertz CT molecular complexity index is 3140. The molecule has 1 heteroatoms. The lowest BCUT2D eigenvalue weighted by molar-refractivity contribution is 0.485. The highest BCUT2D eigenvalue weighted by Gasteiger charge is 2.44. The second-order valence-electron chi connectivity index (χ2n) is 21.2. The average molecular weight is 818 g/mol. The standard InChI is InChI=1S/C62H59N/c1-11-62(12-2)54-34-39(59(3,4)5)26-30-51(54)58-55(62)35-40(60(6,7)8)36-56(58)63(42-29-31-47-46-20-15-16-23-52(46)61(9,10)53(47)37-42)41-27-24-38(25-28-41)43-32-33-50-45-19-14-13-18-44(45)49-22-17-21-48(43)57(49)50/h13-37H,11-12H2,1-10H3. The van der Waals surface area contributed by atoms with Crippen molar-refractivity contribution in [1.29, 1.82) is 0 Å². The molecular weight excluding hydrogens is 759 g/mol. The normalized spacial score (nSPS) is 14.9. The summed E-state index contributed by atoms with van der Waals surface area (Å²) in [7, 11) is 0. The fourth-order valence-electron chi connectivity index (χ4n) is 11.8.